The van der Waals surface area contributed by atoms with Crippen molar-refractivity contribution in [2.24, 2.45) is 5.92 Å². The van der Waals surface area contributed by atoms with Gasteiger partial charge in [0.1, 0.15) is 17.3 Å². The van der Waals surface area contributed by atoms with E-state index in [0.717, 1.165) is 23.5 Å². The average molecular weight is 403 g/mol. The maximum Gasteiger partial charge on any atom is 0.421 e. The number of carbonyl (C=O) groups is 2. The molecule has 0 radical (unpaired) electrons. The minimum Gasteiger partial charge on any atom is -0.470 e. The number of halogens is 3. The number of carboxylic acid groups (broad SMARTS) is 1. The maximum atomic E-state index is 13.2. The Morgan fingerprint density at radius 3 is 2.64 bits per heavy atom. The number of amides is 2. The van der Waals surface area contributed by atoms with E-state index in [4.69, 9.17) is 4.74 Å². The van der Waals surface area contributed by atoms with Gasteiger partial charge in [-0.25, -0.2) is 9.78 Å². The summed E-state index contributed by atoms with van der Waals surface area (Å²) < 4.78 is 44.9. The first-order valence-electron chi connectivity index (χ1n) is 8.94. The number of nitrogens with one attached hydrogen (secondary N) is 1. The molecule has 1 aliphatic rings. The molecule has 2 unspecified atom stereocenters. The molecule has 1 aromatic rings. The van der Waals surface area contributed by atoms with Crippen LogP contribution in [0.4, 0.5) is 18.0 Å². The van der Waals surface area contributed by atoms with Crippen LogP contribution in [0.1, 0.15) is 45.6 Å². The fourth-order valence-corrected chi connectivity index (χ4v) is 2.94. The van der Waals surface area contributed by atoms with Crippen molar-refractivity contribution in [1.82, 2.24) is 15.2 Å². The standard InChI is InChI=1S/C18H24F3N3O4/c1-11(14(25)23-13-8-4-5-10-24(13)16(26)27)17(2,3)28-15-12(18(19,20)21)7-6-9-22-15/h6-7,9,11,13H,4-5,8,10H2,1-3H3,(H,23,25)(H,26,27). The fraction of sp³-hybridized carbons (Fsp3) is 0.611. The van der Waals surface area contributed by atoms with Crippen molar-refractivity contribution in [3.63, 3.8) is 0 Å². The highest BCUT2D eigenvalue weighted by atomic mass is 19.4. The molecule has 0 saturated carbocycles. The molecule has 0 bridgehead atoms. The van der Waals surface area contributed by atoms with Crippen molar-refractivity contribution in [1.29, 1.82) is 0 Å². The predicted octanol–water partition coefficient (Wildman–Crippen LogP) is 3.50. The largest absolute Gasteiger partial charge is 0.470 e. The summed E-state index contributed by atoms with van der Waals surface area (Å²) in [5.41, 5.74) is -2.35. The first-order chi connectivity index (χ1) is 12.9. The van der Waals surface area contributed by atoms with Crippen LogP contribution in [0.15, 0.2) is 18.3 Å². The quantitative estimate of drug-likeness (QED) is 0.785. The second-order valence-corrected chi connectivity index (χ2v) is 7.28. The molecule has 1 saturated heterocycles. The monoisotopic (exact) mass is 403 g/mol. The summed E-state index contributed by atoms with van der Waals surface area (Å²) >= 11 is 0. The number of likely N-dealkylation sites (tertiary alicyclic amines) is 1. The Morgan fingerprint density at radius 1 is 1.36 bits per heavy atom. The number of aromatic nitrogens is 1. The van der Waals surface area contributed by atoms with Crippen LogP contribution >= 0.6 is 0 Å². The first-order valence-corrected chi connectivity index (χ1v) is 8.94. The molecule has 2 rings (SSSR count). The number of alkyl halides is 3. The number of rotatable bonds is 5. The van der Waals surface area contributed by atoms with Gasteiger partial charge in [0.25, 0.3) is 0 Å². The summed E-state index contributed by atoms with van der Waals surface area (Å²) in [5, 5.41) is 11.9. The minimum absolute atomic E-state index is 0.317. The van der Waals surface area contributed by atoms with Gasteiger partial charge in [0.15, 0.2) is 0 Å². The molecule has 1 fully saturated rings. The zero-order valence-corrected chi connectivity index (χ0v) is 15.9. The van der Waals surface area contributed by atoms with Gasteiger partial charge in [0.2, 0.25) is 11.8 Å². The van der Waals surface area contributed by atoms with Crippen LogP contribution in [0.25, 0.3) is 0 Å². The van der Waals surface area contributed by atoms with Crippen LogP contribution in [-0.4, -0.2) is 45.3 Å². The molecular weight excluding hydrogens is 379 g/mol. The van der Waals surface area contributed by atoms with Gasteiger partial charge in [-0.05, 0) is 52.2 Å². The van der Waals surface area contributed by atoms with Crippen molar-refractivity contribution in [3.05, 3.63) is 23.9 Å². The second-order valence-electron chi connectivity index (χ2n) is 7.28. The van der Waals surface area contributed by atoms with Crippen molar-refractivity contribution >= 4 is 12.0 Å². The first kappa shape index (κ1) is 21.8. The number of hydrogen-bond donors (Lipinski definition) is 2. The van der Waals surface area contributed by atoms with Crippen molar-refractivity contribution in [3.8, 4) is 5.88 Å². The van der Waals surface area contributed by atoms with Gasteiger partial charge in [-0.15, -0.1) is 0 Å². The summed E-state index contributed by atoms with van der Waals surface area (Å²) in [6.07, 6.45) is -3.30. The van der Waals surface area contributed by atoms with Crippen LogP contribution in [0.5, 0.6) is 5.88 Å². The molecule has 156 valence electrons. The molecule has 1 aliphatic heterocycles. The van der Waals surface area contributed by atoms with Gasteiger partial charge in [-0.3, -0.25) is 9.69 Å². The lowest BCUT2D eigenvalue weighted by atomic mass is 9.91. The summed E-state index contributed by atoms with van der Waals surface area (Å²) in [7, 11) is 0. The Labute approximate surface area is 160 Å². The lowest BCUT2D eigenvalue weighted by Crippen LogP contribution is -2.56. The van der Waals surface area contributed by atoms with Crippen LogP contribution < -0.4 is 10.1 Å². The van der Waals surface area contributed by atoms with Gasteiger partial charge >= 0.3 is 12.3 Å². The smallest absolute Gasteiger partial charge is 0.421 e. The average Bonchev–Trinajstić information content (AvgIpc) is 2.60. The molecule has 10 heteroatoms. The highest BCUT2D eigenvalue weighted by Crippen LogP contribution is 2.37. The third kappa shape index (κ3) is 5.05. The lowest BCUT2D eigenvalue weighted by molar-refractivity contribution is -0.141. The molecule has 0 spiro atoms. The van der Waals surface area contributed by atoms with Crippen LogP contribution in [0.2, 0.25) is 0 Å². The highest BCUT2D eigenvalue weighted by Gasteiger charge is 2.40. The zero-order valence-electron chi connectivity index (χ0n) is 15.9. The molecular formula is C18H24F3N3O4. The van der Waals surface area contributed by atoms with E-state index in [9.17, 15) is 27.9 Å². The summed E-state index contributed by atoms with van der Waals surface area (Å²) in [4.78, 5) is 28.8. The van der Waals surface area contributed by atoms with E-state index in [-0.39, 0.29) is 0 Å². The number of piperidine rings is 1. The van der Waals surface area contributed by atoms with Gasteiger partial charge in [-0.2, -0.15) is 13.2 Å². The molecule has 0 aliphatic carbocycles. The molecule has 7 nitrogen and oxygen atoms in total. The Bertz CT molecular complexity index is 724. The number of carbonyl (C=O) groups excluding carboxylic acids is 1. The summed E-state index contributed by atoms with van der Waals surface area (Å²) in [5.74, 6) is -1.98. The Hall–Kier alpha value is -2.52. The molecule has 1 aromatic heterocycles. The van der Waals surface area contributed by atoms with Gasteiger partial charge in [0, 0.05) is 12.7 Å². The topological polar surface area (TPSA) is 91.8 Å². The van der Waals surface area contributed by atoms with E-state index < -0.39 is 47.3 Å². The van der Waals surface area contributed by atoms with Crippen LogP contribution in [0.3, 0.4) is 0 Å². The van der Waals surface area contributed by atoms with Crippen molar-refractivity contribution in [2.75, 3.05) is 6.54 Å². The van der Waals surface area contributed by atoms with Gasteiger partial charge in [-0.1, -0.05) is 0 Å². The van der Waals surface area contributed by atoms with Gasteiger partial charge in [0.05, 0.1) is 5.92 Å². The van der Waals surface area contributed by atoms with Crippen LogP contribution in [-0.2, 0) is 11.0 Å². The minimum atomic E-state index is -4.64. The second kappa shape index (κ2) is 8.24. The SMILES string of the molecule is CC(C(=O)NC1CCCCN1C(=O)O)C(C)(C)Oc1ncccc1C(F)(F)F. The number of nitrogens with zero attached hydrogens (tertiary/aromatic N) is 2. The summed E-state index contributed by atoms with van der Waals surface area (Å²) in [6, 6.07) is 2.01. The third-order valence-electron chi connectivity index (χ3n) is 4.93. The van der Waals surface area contributed by atoms with E-state index in [1.807, 2.05) is 0 Å². The molecule has 2 N–H and O–H groups in total. The number of pyridine rings is 1. The highest BCUT2D eigenvalue weighted by molar-refractivity contribution is 5.80. The third-order valence-corrected chi connectivity index (χ3v) is 4.93. The van der Waals surface area contributed by atoms with E-state index in [1.165, 1.54) is 27.0 Å². The molecule has 2 atom stereocenters. The Morgan fingerprint density at radius 2 is 2.04 bits per heavy atom. The normalized spacial score (nSPS) is 19.1. The van der Waals surface area contributed by atoms with E-state index in [2.05, 4.69) is 10.3 Å². The maximum absolute atomic E-state index is 13.2. The summed E-state index contributed by atoms with van der Waals surface area (Å²) in [6.45, 7) is 4.81. The van der Waals surface area contributed by atoms with Gasteiger partial charge < -0.3 is 15.2 Å². The fourth-order valence-electron chi connectivity index (χ4n) is 2.94. The van der Waals surface area contributed by atoms with Crippen molar-refractivity contribution in [2.45, 2.75) is 58.0 Å². The Balaban J connectivity index is 2.13. The molecule has 0 aromatic carbocycles. The molecule has 2 heterocycles. The Kier molecular flexibility index (Phi) is 6.41. The number of hydrogen-bond acceptors (Lipinski definition) is 4. The lowest BCUT2D eigenvalue weighted by Gasteiger charge is -2.37. The van der Waals surface area contributed by atoms with Crippen LogP contribution in [0, 0.1) is 5.92 Å². The van der Waals surface area contributed by atoms with Crippen molar-refractivity contribution < 1.29 is 32.6 Å². The zero-order chi connectivity index (χ0) is 21.1. The van der Waals surface area contributed by atoms with E-state index in [1.54, 1.807) is 0 Å². The molecule has 28 heavy (non-hydrogen) atoms. The van der Waals surface area contributed by atoms with E-state index >= 15 is 0 Å². The number of ether oxygens (including phenoxy) is 1. The molecule has 2 amide bonds. The van der Waals surface area contributed by atoms with E-state index in [0.29, 0.717) is 19.4 Å². The predicted molar refractivity (Wildman–Crippen MR) is 93.6 cm³/mol.